The van der Waals surface area contributed by atoms with Crippen LogP contribution in [0.2, 0.25) is 0 Å². The molecule has 1 nitrogen and oxygen atoms in total. The fourth-order valence-corrected chi connectivity index (χ4v) is 0. The predicted molar refractivity (Wildman–Crippen MR) is 8.95 cm³/mol. The van der Waals surface area contributed by atoms with E-state index in [1.54, 1.807) is 0 Å². The summed E-state index contributed by atoms with van der Waals surface area (Å²) in [7, 11) is 0. The van der Waals surface area contributed by atoms with Crippen LogP contribution in [0.3, 0.4) is 0 Å². The Balaban J connectivity index is -0.000000000833. The Hall–Kier alpha value is 2.81. The molecule has 0 saturated heterocycles. The number of rotatable bonds is 0. The van der Waals surface area contributed by atoms with Crippen LogP contribution in [0.15, 0.2) is 0 Å². The van der Waals surface area contributed by atoms with E-state index < -0.39 is 0 Å². The van der Waals surface area contributed by atoms with Crippen LogP contribution >= 0.6 is 0 Å². The van der Waals surface area contributed by atoms with Gasteiger partial charge in [0.1, 0.15) is 0 Å². The zero-order valence-corrected chi connectivity index (χ0v) is 10.3. The van der Waals surface area contributed by atoms with E-state index in [-0.39, 0.29) is 77.0 Å². The molecule has 0 unspecified atom stereocenters. The fraction of sp³-hybridized carbons (Fsp3) is 0. The zero-order chi connectivity index (χ0) is 2.00. The van der Waals surface area contributed by atoms with E-state index in [4.69, 9.17) is 3.80 Å². The van der Waals surface area contributed by atoms with Crippen LogP contribution in [0, 0.1) is 35.6 Å². The molecule has 25 valence electrons. The molecule has 0 rings (SSSR count). The Morgan fingerprint density at radius 1 is 1.40 bits per heavy atom. The minimum Gasteiger partial charge on any atom is 0 e. The first-order chi connectivity index (χ1) is 1.00. The van der Waals surface area contributed by atoms with Crippen molar-refractivity contribution in [2.75, 3.05) is 0 Å². The van der Waals surface area contributed by atoms with Crippen molar-refractivity contribution in [1.29, 1.82) is 0 Å². The summed E-state index contributed by atoms with van der Waals surface area (Å²) in [4.78, 5) is 0. The van der Waals surface area contributed by atoms with E-state index in [2.05, 4.69) is 0 Å². The standard InChI is InChI=1S/Al.La.Li.O.Pt.2H/q;;+1;;;;-1. The molecule has 0 atom stereocenters. The Morgan fingerprint density at radius 3 is 1.40 bits per heavy atom. The molecule has 0 aromatic carbocycles. The second-order valence-corrected chi connectivity index (χ2v) is 0. The molecule has 0 aliphatic carbocycles. The average molecular weight is 386 g/mol. The first-order valence-corrected chi connectivity index (χ1v) is 0.866. The Morgan fingerprint density at radius 2 is 1.40 bits per heavy atom. The van der Waals surface area contributed by atoms with E-state index in [1.165, 1.54) is 0 Å². The Bertz CT molecular complexity index is 15.5. The first kappa shape index (κ1) is 24.9. The second-order valence-electron chi connectivity index (χ2n) is 0. The van der Waals surface area contributed by atoms with Crippen LogP contribution in [0.25, 0.3) is 0 Å². The molecule has 0 aliphatic heterocycles. The van der Waals surface area contributed by atoms with Crippen molar-refractivity contribution >= 4 is 16.2 Å². The van der Waals surface area contributed by atoms with Gasteiger partial charge in [-0.25, -0.2) is 0 Å². The summed E-state index contributed by atoms with van der Waals surface area (Å²) in [5.74, 6) is 0. The van der Waals surface area contributed by atoms with E-state index in [0.29, 0.717) is 16.2 Å². The molecule has 0 aromatic rings. The first-order valence-electron chi connectivity index (χ1n) is 0.289. The zero-order valence-electron chi connectivity index (χ0n) is 4.01. The molecule has 0 heterocycles. The molecule has 0 amide bonds. The number of hydrogen-bond acceptors (Lipinski definition) is 1. The van der Waals surface area contributed by atoms with Crippen molar-refractivity contribution in [3.63, 3.8) is 0 Å². The topological polar surface area (TPSA) is 17.1 Å². The summed E-state index contributed by atoms with van der Waals surface area (Å²) in [6, 6.07) is 0. The minimum atomic E-state index is 0. The van der Waals surface area contributed by atoms with E-state index in [1.807, 2.05) is 0 Å². The maximum absolute atomic E-state index is 8.28. The Kier molecular flexibility index (Phi) is 145. The summed E-state index contributed by atoms with van der Waals surface area (Å²) in [6.07, 6.45) is 0. The van der Waals surface area contributed by atoms with Gasteiger partial charge in [-0.15, -0.1) is 0 Å². The predicted octanol–water partition coefficient (Wildman–Crippen LogP) is -3.65. The quantitative estimate of drug-likeness (QED) is 0.393. The maximum atomic E-state index is 8.28. The SMILES string of the molecule is [H-].[La].[Li+].[O]=[AlH].[Pt]. The maximum Gasteiger partial charge on any atom is 0 e. The molecular formula is H2AlLaLiOPt. The fourth-order valence-electron chi connectivity index (χ4n) is 0. The van der Waals surface area contributed by atoms with Gasteiger partial charge in [0.05, 0.1) is 0 Å². The molecule has 5 heavy (non-hydrogen) atoms. The normalized spacial score (nSPS) is 0.600. The third-order valence-electron chi connectivity index (χ3n) is 0. The molecular weight excluding hydrogens is 384 g/mol. The smallest absolute Gasteiger partial charge is 0 e. The third-order valence-corrected chi connectivity index (χ3v) is 0. The average Bonchev–Trinajstić information content (AvgIpc) is 1.00. The van der Waals surface area contributed by atoms with Crippen LogP contribution in [0.5, 0.6) is 0 Å². The summed E-state index contributed by atoms with van der Waals surface area (Å²) in [5.41, 5.74) is 0. The van der Waals surface area contributed by atoms with Crippen molar-refractivity contribution in [1.82, 2.24) is 0 Å². The summed E-state index contributed by atoms with van der Waals surface area (Å²) in [6.45, 7) is 0. The molecule has 0 aromatic heterocycles. The van der Waals surface area contributed by atoms with Crippen LogP contribution in [-0.4, -0.2) is 16.2 Å². The molecule has 1 radical (unpaired) electrons. The van der Waals surface area contributed by atoms with Gasteiger partial charge in [-0.05, 0) is 0 Å². The van der Waals surface area contributed by atoms with E-state index in [0.717, 1.165) is 0 Å². The van der Waals surface area contributed by atoms with Gasteiger partial charge in [0.2, 0.25) is 0 Å². The molecule has 0 spiro atoms. The van der Waals surface area contributed by atoms with E-state index in [9.17, 15) is 0 Å². The molecule has 0 bridgehead atoms. The largest absolute Gasteiger partial charge is 0 e. The summed E-state index contributed by atoms with van der Waals surface area (Å²) in [5, 5.41) is 0. The van der Waals surface area contributed by atoms with Crippen molar-refractivity contribution in [2.24, 2.45) is 0 Å². The van der Waals surface area contributed by atoms with Gasteiger partial charge < -0.3 is 1.43 Å². The van der Waals surface area contributed by atoms with E-state index >= 15 is 0 Å². The minimum absolute atomic E-state index is 0. The van der Waals surface area contributed by atoms with Gasteiger partial charge in [0, 0.05) is 56.7 Å². The second kappa shape index (κ2) is 29.1. The summed E-state index contributed by atoms with van der Waals surface area (Å²) >= 11 is 0.611. The van der Waals surface area contributed by atoms with Gasteiger partial charge in [0.15, 0.2) is 0 Å². The van der Waals surface area contributed by atoms with Crippen LogP contribution < -0.4 is 18.9 Å². The molecule has 0 aliphatic rings. The molecule has 0 N–H and O–H groups in total. The van der Waals surface area contributed by atoms with Crippen LogP contribution in [0.4, 0.5) is 0 Å². The van der Waals surface area contributed by atoms with Gasteiger partial charge in [0.25, 0.3) is 0 Å². The van der Waals surface area contributed by atoms with Crippen molar-refractivity contribution < 1.29 is 80.8 Å². The Labute approximate surface area is 95.2 Å². The van der Waals surface area contributed by atoms with Gasteiger partial charge in [-0.2, -0.15) is 0 Å². The van der Waals surface area contributed by atoms with Crippen LogP contribution in [-0.2, 0) is 24.9 Å². The van der Waals surface area contributed by atoms with Crippen molar-refractivity contribution in [3.8, 4) is 0 Å². The molecule has 5 heteroatoms. The number of hydrogen-bond donors (Lipinski definition) is 0. The van der Waals surface area contributed by atoms with Gasteiger partial charge in [-0.3, -0.25) is 0 Å². The van der Waals surface area contributed by atoms with Gasteiger partial charge in [-0.1, -0.05) is 0 Å². The summed E-state index contributed by atoms with van der Waals surface area (Å²) < 4.78 is 8.28. The van der Waals surface area contributed by atoms with Gasteiger partial charge >= 0.3 is 38.9 Å². The molecule has 0 saturated carbocycles. The van der Waals surface area contributed by atoms with Crippen molar-refractivity contribution in [2.45, 2.75) is 0 Å². The van der Waals surface area contributed by atoms with Crippen LogP contribution in [0.1, 0.15) is 1.43 Å². The van der Waals surface area contributed by atoms with Crippen molar-refractivity contribution in [3.05, 3.63) is 0 Å². The monoisotopic (exact) mass is 386 g/mol. The third kappa shape index (κ3) is 19.9. The molecule has 0 fully saturated rings.